The molecule has 0 bridgehead atoms. The monoisotopic (exact) mass is 321 g/mol. The lowest BCUT2D eigenvalue weighted by Crippen LogP contribution is -2.12. The fourth-order valence-corrected chi connectivity index (χ4v) is 2.34. The Bertz CT molecular complexity index is 576. The lowest BCUT2D eigenvalue weighted by atomic mass is 10.4. The van der Waals surface area contributed by atoms with Crippen LogP contribution in [0.15, 0.2) is 23.1 Å². The molecule has 0 saturated heterocycles. The van der Waals surface area contributed by atoms with Gasteiger partial charge in [0.25, 0.3) is 0 Å². The van der Waals surface area contributed by atoms with Crippen molar-refractivity contribution in [3.8, 4) is 0 Å². The van der Waals surface area contributed by atoms with Crippen molar-refractivity contribution in [1.29, 1.82) is 0 Å². The zero-order chi connectivity index (χ0) is 13.2. The normalized spacial score (nSPS) is 14.6. The number of hydrogen-bond donors (Lipinski definition) is 1. The maximum absolute atomic E-state index is 4.55. The zero-order valence-corrected chi connectivity index (χ0v) is 12.4. The first-order valence-corrected chi connectivity index (χ1v) is 7.27. The second-order valence-corrected chi connectivity index (χ2v) is 5.73. The average molecular weight is 322 g/mol. The number of halogens is 1. The molecule has 1 fully saturated rings. The molecule has 6 heteroatoms. The highest BCUT2D eigenvalue weighted by Gasteiger charge is 2.27. The molecule has 0 aliphatic heterocycles. The van der Waals surface area contributed by atoms with Crippen LogP contribution in [0.2, 0.25) is 0 Å². The van der Waals surface area contributed by atoms with Crippen LogP contribution >= 0.6 is 15.9 Å². The van der Waals surface area contributed by atoms with Crippen molar-refractivity contribution in [1.82, 2.24) is 19.7 Å². The average Bonchev–Trinajstić information content (AvgIpc) is 3.13. The Kier molecular flexibility index (Phi) is 3.50. The van der Waals surface area contributed by atoms with Crippen LogP contribution in [0.4, 0.5) is 5.82 Å². The smallest absolute Gasteiger partial charge is 0.135 e. The summed E-state index contributed by atoms with van der Waals surface area (Å²) in [7, 11) is 0. The van der Waals surface area contributed by atoms with Crippen molar-refractivity contribution in [3.05, 3.63) is 34.5 Å². The third kappa shape index (κ3) is 3.32. The molecule has 1 N–H and O–H groups in total. The molecule has 5 nitrogen and oxygen atoms in total. The number of rotatable bonds is 5. The molecule has 2 aromatic heterocycles. The molecule has 0 atom stereocenters. The summed E-state index contributed by atoms with van der Waals surface area (Å²) in [4.78, 5) is 8.96. The van der Waals surface area contributed by atoms with E-state index in [-0.39, 0.29) is 0 Å². The van der Waals surface area contributed by atoms with Crippen molar-refractivity contribution in [2.24, 2.45) is 0 Å². The van der Waals surface area contributed by atoms with E-state index in [0.29, 0.717) is 5.92 Å². The number of anilines is 1. The van der Waals surface area contributed by atoms with Gasteiger partial charge >= 0.3 is 0 Å². The summed E-state index contributed by atoms with van der Waals surface area (Å²) < 4.78 is 2.78. The van der Waals surface area contributed by atoms with Gasteiger partial charge in [-0.2, -0.15) is 5.10 Å². The van der Waals surface area contributed by atoms with E-state index >= 15 is 0 Å². The van der Waals surface area contributed by atoms with Crippen molar-refractivity contribution >= 4 is 21.7 Å². The molecule has 1 aliphatic carbocycles. The Hall–Kier alpha value is -1.43. The van der Waals surface area contributed by atoms with E-state index in [1.807, 2.05) is 30.1 Å². The number of aromatic nitrogens is 4. The third-order valence-corrected chi connectivity index (χ3v) is 3.47. The molecule has 0 spiro atoms. The molecule has 100 valence electrons. The quantitative estimate of drug-likeness (QED) is 0.860. The van der Waals surface area contributed by atoms with Gasteiger partial charge in [-0.1, -0.05) is 0 Å². The Morgan fingerprint density at radius 2 is 2.26 bits per heavy atom. The highest BCUT2D eigenvalue weighted by Crippen LogP contribution is 2.38. The van der Waals surface area contributed by atoms with Gasteiger partial charge in [-0.3, -0.25) is 4.68 Å². The Morgan fingerprint density at radius 3 is 2.95 bits per heavy atom. The molecule has 0 aromatic carbocycles. The van der Waals surface area contributed by atoms with Gasteiger partial charge in [-0.05, 0) is 41.3 Å². The summed E-state index contributed by atoms with van der Waals surface area (Å²) in [5, 5.41) is 7.58. The van der Waals surface area contributed by atoms with Crippen LogP contribution in [-0.4, -0.2) is 26.3 Å². The van der Waals surface area contributed by atoms with E-state index in [1.54, 1.807) is 0 Å². The predicted molar refractivity (Wildman–Crippen MR) is 77.2 cm³/mol. The molecule has 0 unspecified atom stereocenters. The zero-order valence-electron chi connectivity index (χ0n) is 10.8. The topological polar surface area (TPSA) is 55.6 Å². The van der Waals surface area contributed by atoms with Gasteiger partial charge in [-0.25, -0.2) is 9.97 Å². The highest BCUT2D eigenvalue weighted by molar-refractivity contribution is 9.10. The number of nitrogens with zero attached hydrogens (tertiary/aromatic N) is 4. The molecular formula is C13H16BrN5. The molecule has 2 aromatic rings. The van der Waals surface area contributed by atoms with Gasteiger partial charge in [0.05, 0.1) is 12.7 Å². The van der Waals surface area contributed by atoms with Crippen LogP contribution in [0.1, 0.15) is 30.1 Å². The standard InChI is InChI=1S/C13H16BrN5/c1-9-7-16-19(8-9)5-4-15-12-6-11(14)17-13(18-12)10-2-3-10/h6-8,10H,2-5H2,1H3,(H,15,17,18). The molecule has 3 rings (SSSR count). The first-order chi connectivity index (χ1) is 9.20. The van der Waals surface area contributed by atoms with E-state index in [2.05, 4.69) is 36.3 Å². The molecule has 0 amide bonds. The number of aryl methyl sites for hydroxylation is 1. The first-order valence-electron chi connectivity index (χ1n) is 6.48. The van der Waals surface area contributed by atoms with Crippen molar-refractivity contribution in [3.63, 3.8) is 0 Å². The third-order valence-electron chi connectivity index (χ3n) is 3.06. The highest BCUT2D eigenvalue weighted by atomic mass is 79.9. The molecular weight excluding hydrogens is 306 g/mol. The molecule has 2 heterocycles. The van der Waals surface area contributed by atoms with E-state index in [4.69, 9.17) is 0 Å². The molecule has 1 saturated carbocycles. The van der Waals surface area contributed by atoms with Gasteiger partial charge < -0.3 is 5.32 Å². The minimum absolute atomic E-state index is 0.562. The lowest BCUT2D eigenvalue weighted by molar-refractivity contribution is 0.636. The lowest BCUT2D eigenvalue weighted by Gasteiger charge is -2.07. The van der Waals surface area contributed by atoms with Gasteiger partial charge in [0, 0.05) is 24.7 Å². The summed E-state index contributed by atoms with van der Waals surface area (Å²) in [5.41, 5.74) is 1.18. The SMILES string of the molecule is Cc1cnn(CCNc2cc(Br)nc(C3CC3)n2)c1. The fraction of sp³-hybridized carbons (Fsp3) is 0.462. The van der Waals surface area contributed by atoms with E-state index < -0.39 is 0 Å². The maximum Gasteiger partial charge on any atom is 0.135 e. The van der Waals surface area contributed by atoms with Crippen LogP contribution in [0.5, 0.6) is 0 Å². The van der Waals surface area contributed by atoms with E-state index in [1.165, 1.54) is 18.4 Å². The van der Waals surface area contributed by atoms with Crippen molar-refractivity contribution in [2.45, 2.75) is 32.2 Å². The minimum atomic E-state index is 0.562. The van der Waals surface area contributed by atoms with Gasteiger partial charge in [0.2, 0.25) is 0 Å². The Labute approximate surface area is 120 Å². The molecule has 1 aliphatic rings. The second-order valence-electron chi connectivity index (χ2n) is 4.92. The number of hydrogen-bond acceptors (Lipinski definition) is 4. The largest absolute Gasteiger partial charge is 0.368 e. The summed E-state index contributed by atoms with van der Waals surface area (Å²) in [6.45, 7) is 3.67. The first kappa shape index (κ1) is 12.6. The van der Waals surface area contributed by atoms with Gasteiger partial charge in [-0.15, -0.1) is 0 Å². The van der Waals surface area contributed by atoms with Crippen LogP contribution in [-0.2, 0) is 6.54 Å². The molecule has 19 heavy (non-hydrogen) atoms. The van der Waals surface area contributed by atoms with Crippen LogP contribution in [0.25, 0.3) is 0 Å². The van der Waals surface area contributed by atoms with Crippen LogP contribution in [0, 0.1) is 6.92 Å². The second kappa shape index (κ2) is 5.28. The fourth-order valence-electron chi connectivity index (χ4n) is 1.94. The Morgan fingerprint density at radius 1 is 1.42 bits per heavy atom. The van der Waals surface area contributed by atoms with Crippen LogP contribution < -0.4 is 5.32 Å². The molecule has 0 radical (unpaired) electrons. The van der Waals surface area contributed by atoms with Gasteiger partial charge in [0.1, 0.15) is 16.2 Å². The van der Waals surface area contributed by atoms with Crippen molar-refractivity contribution < 1.29 is 0 Å². The van der Waals surface area contributed by atoms with Gasteiger partial charge in [0.15, 0.2) is 0 Å². The summed E-state index contributed by atoms with van der Waals surface area (Å²) >= 11 is 3.44. The summed E-state index contributed by atoms with van der Waals surface area (Å²) in [6, 6.07) is 1.92. The summed E-state index contributed by atoms with van der Waals surface area (Å²) in [6.07, 6.45) is 6.32. The minimum Gasteiger partial charge on any atom is -0.368 e. The predicted octanol–water partition coefficient (Wildman–Crippen LogP) is 2.73. The summed E-state index contributed by atoms with van der Waals surface area (Å²) in [5.74, 6) is 2.39. The maximum atomic E-state index is 4.55. The van der Waals surface area contributed by atoms with Crippen LogP contribution in [0.3, 0.4) is 0 Å². The van der Waals surface area contributed by atoms with Crippen molar-refractivity contribution in [2.75, 3.05) is 11.9 Å². The van der Waals surface area contributed by atoms with E-state index in [9.17, 15) is 0 Å². The van der Waals surface area contributed by atoms with E-state index in [0.717, 1.165) is 29.3 Å². The Balaban J connectivity index is 1.60. The number of nitrogens with one attached hydrogen (secondary N) is 1.